The number of ether oxygens (including phenoxy) is 1. The second-order valence-corrected chi connectivity index (χ2v) is 6.52. The molecule has 0 fully saturated rings. The van der Waals surface area contributed by atoms with Crippen LogP contribution >= 0.6 is 0 Å². The maximum atomic E-state index is 12.9. The molecule has 0 aliphatic heterocycles. The molecule has 0 saturated carbocycles. The molecule has 0 radical (unpaired) electrons. The van der Waals surface area contributed by atoms with Crippen LogP contribution in [0.5, 0.6) is 5.75 Å². The normalized spacial score (nSPS) is 10.7. The van der Waals surface area contributed by atoms with Gasteiger partial charge >= 0.3 is 0 Å². The fraction of sp³-hybridized carbons (Fsp3) is 0.0870. The number of amides is 1. The molecule has 0 unspecified atom stereocenters. The smallest absolute Gasteiger partial charge is 0.265 e. The molecule has 1 heterocycles. The predicted octanol–water partition coefficient (Wildman–Crippen LogP) is 3.96. The first-order valence-corrected chi connectivity index (χ1v) is 9.11. The zero-order valence-corrected chi connectivity index (χ0v) is 16.0. The van der Waals surface area contributed by atoms with E-state index in [4.69, 9.17) is 4.74 Å². The van der Waals surface area contributed by atoms with E-state index in [-0.39, 0.29) is 11.5 Å². The third kappa shape index (κ3) is 3.48. The summed E-state index contributed by atoms with van der Waals surface area (Å²) in [5.41, 5.74) is 2.29. The van der Waals surface area contributed by atoms with Gasteiger partial charge in [0.25, 0.3) is 11.5 Å². The van der Waals surface area contributed by atoms with Crippen molar-refractivity contribution < 1.29 is 9.53 Å². The van der Waals surface area contributed by atoms with Gasteiger partial charge in [-0.15, -0.1) is 0 Å². The standard InChI is InChI=1S/C23H19N3O3/c1-15-24-20-9-5-3-7-18(20)23(28)26(15)17-13-11-16(12-14-17)25-22(27)19-8-4-6-10-21(19)29-2/h3-14H,1-2H3,(H,25,27). The molecule has 6 heteroatoms. The van der Waals surface area contributed by atoms with Crippen molar-refractivity contribution in [1.82, 2.24) is 9.55 Å². The highest BCUT2D eigenvalue weighted by atomic mass is 16.5. The number of nitrogens with zero attached hydrogens (tertiary/aromatic N) is 2. The minimum Gasteiger partial charge on any atom is -0.496 e. The van der Waals surface area contributed by atoms with Crippen LogP contribution in [-0.4, -0.2) is 22.6 Å². The first kappa shape index (κ1) is 18.4. The summed E-state index contributed by atoms with van der Waals surface area (Å²) in [4.78, 5) is 30.0. The Balaban J connectivity index is 1.64. The van der Waals surface area contributed by atoms with Gasteiger partial charge in [-0.05, 0) is 55.5 Å². The van der Waals surface area contributed by atoms with E-state index in [0.29, 0.717) is 39.4 Å². The quantitative estimate of drug-likeness (QED) is 0.577. The van der Waals surface area contributed by atoms with Gasteiger partial charge in [0.05, 0.1) is 29.3 Å². The van der Waals surface area contributed by atoms with E-state index >= 15 is 0 Å². The summed E-state index contributed by atoms with van der Waals surface area (Å²) in [5, 5.41) is 3.41. The molecule has 1 N–H and O–H groups in total. The number of anilines is 1. The van der Waals surface area contributed by atoms with Gasteiger partial charge in [0.2, 0.25) is 0 Å². The topological polar surface area (TPSA) is 73.2 Å². The van der Waals surface area contributed by atoms with Crippen molar-refractivity contribution in [2.45, 2.75) is 6.92 Å². The van der Waals surface area contributed by atoms with Crippen LogP contribution in [0.2, 0.25) is 0 Å². The number of hydrogen-bond acceptors (Lipinski definition) is 4. The fourth-order valence-electron chi connectivity index (χ4n) is 3.27. The highest BCUT2D eigenvalue weighted by Crippen LogP contribution is 2.20. The molecule has 144 valence electrons. The number of carbonyl (C=O) groups excluding carboxylic acids is 1. The minimum atomic E-state index is -0.268. The lowest BCUT2D eigenvalue weighted by atomic mass is 10.1. The first-order chi connectivity index (χ1) is 14.1. The number of fused-ring (bicyclic) bond motifs is 1. The molecule has 0 aliphatic carbocycles. The van der Waals surface area contributed by atoms with Crippen molar-refractivity contribution in [3.05, 3.63) is 94.5 Å². The number of carbonyl (C=O) groups is 1. The van der Waals surface area contributed by atoms with Crippen molar-refractivity contribution in [1.29, 1.82) is 0 Å². The summed E-state index contributed by atoms with van der Waals surface area (Å²) >= 11 is 0. The van der Waals surface area contributed by atoms with E-state index in [1.807, 2.05) is 24.3 Å². The molecule has 3 aromatic carbocycles. The summed E-state index contributed by atoms with van der Waals surface area (Å²) < 4.78 is 6.80. The van der Waals surface area contributed by atoms with Gasteiger partial charge in [-0.2, -0.15) is 0 Å². The van der Waals surface area contributed by atoms with Crippen LogP contribution in [0.3, 0.4) is 0 Å². The molecule has 0 atom stereocenters. The minimum absolute atomic E-state index is 0.126. The molecule has 0 spiro atoms. The zero-order chi connectivity index (χ0) is 20.4. The van der Waals surface area contributed by atoms with E-state index in [0.717, 1.165) is 0 Å². The number of aryl methyl sites for hydroxylation is 1. The Morgan fingerprint density at radius 2 is 1.66 bits per heavy atom. The van der Waals surface area contributed by atoms with Gasteiger partial charge in [0.15, 0.2) is 0 Å². The monoisotopic (exact) mass is 385 g/mol. The van der Waals surface area contributed by atoms with Crippen LogP contribution in [0, 0.1) is 6.92 Å². The second kappa shape index (κ2) is 7.59. The summed E-state index contributed by atoms with van der Waals surface area (Å²) in [6.45, 7) is 1.80. The maximum Gasteiger partial charge on any atom is 0.265 e. The van der Waals surface area contributed by atoms with Crippen LogP contribution in [0.15, 0.2) is 77.6 Å². The van der Waals surface area contributed by atoms with Crippen molar-refractivity contribution in [3.8, 4) is 11.4 Å². The van der Waals surface area contributed by atoms with Gasteiger partial charge in [0.1, 0.15) is 11.6 Å². The molecule has 0 bridgehead atoms. The largest absolute Gasteiger partial charge is 0.496 e. The Morgan fingerprint density at radius 3 is 2.41 bits per heavy atom. The molecule has 1 aromatic heterocycles. The van der Waals surface area contributed by atoms with Crippen LogP contribution in [0.1, 0.15) is 16.2 Å². The molecule has 1 amide bonds. The summed E-state index contributed by atoms with van der Waals surface area (Å²) in [7, 11) is 1.53. The number of rotatable bonds is 4. The molecular formula is C23H19N3O3. The number of nitrogens with one attached hydrogen (secondary N) is 1. The average molecular weight is 385 g/mol. The summed E-state index contributed by atoms with van der Waals surface area (Å²) in [6, 6.07) is 21.4. The summed E-state index contributed by atoms with van der Waals surface area (Å²) in [5.74, 6) is 0.835. The Labute approximate surface area is 167 Å². The zero-order valence-electron chi connectivity index (χ0n) is 16.0. The van der Waals surface area contributed by atoms with Gasteiger partial charge in [0, 0.05) is 5.69 Å². The molecule has 0 aliphatic rings. The Bertz CT molecular complexity index is 1260. The van der Waals surface area contributed by atoms with Crippen molar-refractivity contribution in [2.75, 3.05) is 12.4 Å². The lowest BCUT2D eigenvalue weighted by molar-refractivity contribution is 0.102. The second-order valence-electron chi connectivity index (χ2n) is 6.52. The lowest BCUT2D eigenvalue weighted by Crippen LogP contribution is -2.22. The number of methoxy groups -OCH3 is 1. The van der Waals surface area contributed by atoms with Gasteiger partial charge in [-0.1, -0.05) is 24.3 Å². The van der Waals surface area contributed by atoms with Crippen LogP contribution in [-0.2, 0) is 0 Å². The molecule has 29 heavy (non-hydrogen) atoms. The number of benzene rings is 3. The van der Waals surface area contributed by atoms with E-state index < -0.39 is 0 Å². The molecule has 0 saturated heterocycles. The maximum absolute atomic E-state index is 12.9. The number of para-hydroxylation sites is 2. The summed E-state index contributed by atoms with van der Waals surface area (Å²) in [6.07, 6.45) is 0. The highest BCUT2D eigenvalue weighted by Gasteiger charge is 2.13. The third-order valence-electron chi connectivity index (χ3n) is 4.68. The first-order valence-electron chi connectivity index (χ1n) is 9.11. The van der Waals surface area contributed by atoms with E-state index in [1.54, 1.807) is 60.0 Å². The third-order valence-corrected chi connectivity index (χ3v) is 4.68. The Kier molecular flexibility index (Phi) is 4.83. The molecule has 6 nitrogen and oxygen atoms in total. The predicted molar refractivity (Wildman–Crippen MR) is 113 cm³/mol. The van der Waals surface area contributed by atoms with Gasteiger partial charge in [-0.25, -0.2) is 4.98 Å². The van der Waals surface area contributed by atoms with Crippen LogP contribution in [0.25, 0.3) is 16.6 Å². The Morgan fingerprint density at radius 1 is 0.966 bits per heavy atom. The van der Waals surface area contributed by atoms with Crippen molar-refractivity contribution in [3.63, 3.8) is 0 Å². The van der Waals surface area contributed by atoms with E-state index in [9.17, 15) is 9.59 Å². The Hall–Kier alpha value is -3.93. The molecular weight excluding hydrogens is 366 g/mol. The van der Waals surface area contributed by atoms with Crippen LogP contribution in [0.4, 0.5) is 5.69 Å². The van der Waals surface area contributed by atoms with Gasteiger partial charge < -0.3 is 10.1 Å². The average Bonchev–Trinajstić information content (AvgIpc) is 2.75. The lowest BCUT2D eigenvalue weighted by Gasteiger charge is -2.12. The van der Waals surface area contributed by atoms with Crippen molar-refractivity contribution in [2.24, 2.45) is 0 Å². The fourth-order valence-corrected chi connectivity index (χ4v) is 3.27. The molecule has 4 aromatic rings. The number of aromatic nitrogens is 2. The van der Waals surface area contributed by atoms with Gasteiger partial charge in [-0.3, -0.25) is 14.2 Å². The van der Waals surface area contributed by atoms with Crippen LogP contribution < -0.4 is 15.6 Å². The SMILES string of the molecule is COc1ccccc1C(=O)Nc1ccc(-n2c(C)nc3ccccc3c2=O)cc1. The number of hydrogen-bond donors (Lipinski definition) is 1. The molecule has 4 rings (SSSR count). The van der Waals surface area contributed by atoms with Crippen molar-refractivity contribution >= 4 is 22.5 Å². The van der Waals surface area contributed by atoms with E-state index in [2.05, 4.69) is 10.3 Å². The van der Waals surface area contributed by atoms with E-state index in [1.165, 1.54) is 7.11 Å². The highest BCUT2D eigenvalue weighted by molar-refractivity contribution is 6.06.